The van der Waals surface area contributed by atoms with E-state index in [0.717, 1.165) is 30.4 Å². The van der Waals surface area contributed by atoms with Crippen LogP contribution in [0.15, 0.2) is 24.5 Å². The minimum absolute atomic E-state index is 0.661. The Morgan fingerprint density at radius 2 is 2.21 bits per heavy atom. The van der Waals surface area contributed by atoms with Gasteiger partial charge in [0.1, 0.15) is 0 Å². The Morgan fingerprint density at radius 3 is 2.95 bits per heavy atom. The molecule has 0 atom stereocenters. The summed E-state index contributed by atoms with van der Waals surface area (Å²) in [7, 11) is 1.69. The number of aryl methyl sites for hydroxylation is 2. The molecule has 0 aliphatic carbocycles. The molecule has 0 aliphatic heterocycles. The molecule has 0 aliphatic rings. The molecule has 0 saturated heterocycles. The lowest BCUT2D eigenvalue weighted by Gasteiger charge is -2.10. The lowest BCUT2D eigenvalue weighted by molar-refractivity contribution is 0.210. The summed E-state index contributed by atoms with van der Waals surface area (Å²) in [5.41, 5.74) is 3.25. The molecule has 5 heteroatoms. The molecular weight excluding hydrogens is 240 g/mol. The largest absolute Gasteiger partial charge is 0.383 e. The summed E-state index contributed by atoms with van der Waals surface area (Å²) in [4.78, 5) is 8.90. The van der Waals surface area contributed by atoms with E-state index in [4.69, 9.17) is 4.74 Å². The molecule has 2 rings (SSSR count). The van der Waals surface area contributed by atoms with Gasteiger partial charge in [0.2, 0.25) is 5.95 Å². The van der Waals surface area contributed by atoms with E-state index in [1.807, 2.05) is 25.4 Å². The molecule has 0 bridgehead atoms. The summed E-state index contributed by atoms with van der Waals surface area (Å²) in [5.74, 6) is 0.861. The van der Waals surface area contributed by atoms with Gasteiger partial charge in [-0.1, -0.05) is 6.07 Å². The highest BCUT2D eigenvalue weighted by Crippen LogP contribution is 2.12. The first-order valence-electron chi connectivity index (χ1n) is 6.38. The topological polar surface area (TPSA) is 52.0 Å². The van der Waals surface area contributed by atoms with Gasteiger partial charge >= 0.3 is 0 Å². The van der Waals surface area contributed by atoms with E-state index in [-0.39, 0.29) is 0 Å². The van der Waals surface area contributed by atoms with Crippen molar-refractivity contribution in [1.82, 2.24) is 14.5 Å². The quantitative estimate of drug-likeness (QED) is 0.807. The lowest BCUT2D eigenvalue weighted by Crippen LogP contribution is -2.13. The monoisotopic (exact) mass is 260 g/mol. The molecule has 2 aromatic rings. The van der Waals surface area contributed by atoms with Crippen LogP contribution < -0.4 is 5.32 Å². The number of hydrogen-bond acceptors (Lipinski definition) is 4. The van der Waals surface area contributed by atoms with Gasteiger partial charge in [-0.3, -0.25) is 4.98 Å². The number of pyridine rings is 1. The van der Waals surface area contributed by atoms with Gasteiger partial charge in [0.05, 0.1) is 24.5 Å². The van der Waals surface area contributed by atoms with Crippen LogP contribution in [0.1, 0.15) is 17.0 Å². The minimum atomic E-state index is 0.661. The molecule has 0 aromatic carbocycles. The SMILES string of the molecule is COCCNc1nc(C)cn1Cc1ncccc1C. The molecule has 0 amide bonds. The highest BCUT2D eigenvalue weighted by molar-refractivity contribution is 5.30. The standard InChI is InChI=1S/C14H20N4O/c1-11-5-4-6-15-13(11)10-18-9-12(2)17-14(18)16-7-8-19-3/h4-6,9H,7-8,10H2,1-3H3,(H,16,17). The molecule has 19 heavy (non-hydrogen) atoms. The Kier molecular flexibility index (Phi) is 4.52. The predicted octanol–water partition coefficient (Wildman–Crippen LogP) is 2.00. The van der Waals surface area contributed by atoms with Crippen molar-refractivity contribution in [2.24, 2.45) is 0 Å². The van der Waals surface area contributed by atoms with Crippen LogP contribution in [-0.4, -0.2) is 34.8 Å². The smallest absolute Gasteiger partial charge is 0.203 e. The number of nitrogens with zero attached hydrogens (tertiary/aromatic N) is 3. The number of ether oxygens (including phenoxy) is 1. The fourth-order valence-electron chi connectivity index (χ4n) is 1.92. The third kappa shape index (κ3) is 3.54. The zero-order chi connectivity index (χ0) is 13.7. The second kappa shape index (κ2) is 6.33. The van der Waals surface area contributed by atoms with Crippen LogP contribution in [0.4, 0.5) is 5.95 Å². The Balaban J connectivity index is 2.13. The van der Waals surface area contributed by atoms with Gasteiger partial charge in [0.25, 0.3) is 0 Å². The number of imidazole rings is 1. The molecule has 5 nitrogen and oxygen atoms in total. The summed E-state index contributed by atoms with van der Waals surface area (Å²) in [6.07, 6.45) is 3.85. The number of rotatable bonds is 6. The number of nitrogens with one attached hydrogen (secondary N) is 1. The number of hydrogen-bond donors (Lipinski definition) is 1. The summed E-state index contributed by atoms with van der Waals surface area (Å²) in [6, 6.07) is 4.03. The molecule has 0 saturated carbocycles. The van der Waals surface area contributed by atoms with Crippen LogP contribution in [0.25, 0.3) is 0 Å². The molecule has 0 unspecified atom stereocenters. The van der Waals surface area contributed by atoms with Gasteiger partial charge in [0.15, 0.2) is 0 Å². The molecular formula is C14H20N4O. The fraction of sp³-hybridized carbons (Fsp3) is 0.429. The van der Waals surface area contributed by atoms with Crippen LogP contribution >= 0.6 is 0 Å². The van der Waals surface area contributed by atoms with Gasteiger partial charge in [-0.2, -0.15) is 0 Å². The Morgan fingerprint density at radius 1 is 1.37 bits per heavy atom. The van der Waals surface area contributed by atoms with E-state index in [1.54, 1.807) is 7.11 Å². The highest BCUT2D eigenvalue weighted by Gasteiger charge is 2.07. The van der Waals surface area contributed by atoms with Gasteiger partial charge in [-0.15, -0.1) is 0 Å². The van der Waals surface area contributed by atoms with E-state index in [0.29, 0.717) is 6.61 Å². The maximum Gasteiger partial charge on any atom is 0.203 e. The molecule has 2 aromatic heterocycles. The van der Waals surface area contributed by atoms with Crippen LogP contribution in [0.2, 0.25) is 0 Å². The normalized spacial score (nSPS) is 10.7. The first kappa shape index (κ1) is 13.5. The lowest BCUT2D eigenvalue weighted by atomic mass is 10.2. The van der Waals surface area contributed by atoms with Crippen molar-refractivity contribution < 1.29 is 4.74 Å². The van der Waals surface area contributed by atoms with E-state index in [1.165, 1.54) is 5.56 Å². The highest BCUT2D eigenvalue weighted by atomic mass is 16.5. The summed E-state index contributed by atoms with van der Waals surface area (Å²) in [6.45, 7) is 6.19. The molecule has 2 heterocycles. The summed E-state index contributed by atoms with van der Waals surface area (Å²) < 4.78 is 7.12. The van der Waals surface area contributed by atoms with Crippen LogP contribution in [0.3, 0.4) is 0 Å². The third-order valence-electron chi connectivity index (χ3n) is 2.92. The van der Waals surface area contributed by atoms with Crippen molar-refractivity contribution in [3.05, 3.63) is 41.5 Å². The molecule has 0 fully saturated rings. The fourth-order valence-corrected chi connectivity index (χ4v) is 1.92. The Labute approximate surface area is 113 Å². The average Bonchev–Trinajstić information content (AvgIpc) is 2.73. The molecule has 102 valence electrons. The van der Waals surface area contributed by atoms with Crippen molar-refractivity contribution in [3.63, 3.8) is 0 Å². The number of anilines is 1. The zero-order valence-electron chi connectivity index (χ0n) is 11.7. The molecule has 1 N–H and O–H groups in total. The molecule has 0 spiro atoms. The zero-order valence-corrected chi connectivity index (χ0v) is 11.7. The van der Waals surface area contributed by atoms with Crippen molar-refractivity contribution in [2.45, 2.75) is 20.4 Å². The van der Waals surface area contributed by atoms with Gasteiger partial charge in [-0.25, -0.2) is 4.98 Å². The number of aromatic nitrogens is 3. The van der Waals surface area contributed by atoms with Crippen molar-refractivity contribution in [1.29, 1.82) is 0 Å². The number of methoxy groups -OCH3 is 1. The predicted molar refractivity (Wildman–Crippen MR) is 75.4 cm³/mol. The van der Waals surface area contributed by atoms with Gasteiger partial charge in [-0.05, 0) is 25.5 Å². The average molecular weight is 260 g/mol. The Hall–Kier alpha value is -1.88. The maximum atomic E-state index is 5.04. The van der Waals surface area contributed by atoms with Gasteiger partial charge in [0, 0.05) is 26.0 Å². The third-order valence-corrected chi connectivity index (χ3v) is 2.92. The first-order chi connectivity index (χ1) is 9.20. The van der Waals surface area contributed by atoms with Gasteiger partial charge < -0.3 is 14.6 Å². The van der Waals surface area contributed by atoms with Crippen LogP contribution in [-0.2, 0) is 11.3 Å². The summed E-state index contributed by atoms with van der Waals surface area (Å²) in [5, 5.41) is 3.27. The Bertz CT molecular complexity index is 536. The van der Waals surface area contributed by atoms with E-state index >= 15 is 0 Å². The van der Waals surface area contributed by atoms with Crippen molar-refractivity contribution >= 4 is 5.95 Å². The first-order valence-corrected chi connectivity index (χ1v) is 6.38. The molecule has 0 radical (unpaired) electrons. The van der Waals surface area contributed by atoms with E-state index in [2.05, 4.69) is 32.8 Å². The van der Waals surface area contributed by atoms with Crippen molar-refractivity contribution in [3.8, 4) is 0 Å². The van der Waals surface area contributed by atoms with E-state index < -0.39 is 0 Å². The second-order valence-corrected chi connectivity index (χ2v) is 4.52. The minimum Gasteiger partial charge on any atom is -0.383 e. The van der Waals surface area contributed by atoms with Crippen LogP contribution in [0, 0.1) is 13.8 Å². The maximum absolute atomic E-state index is 5.04. The summed E-state index contributed by atoms with van der Waals surface area (Å²) >= 11 is 0. The van der Waals surface area contributed by atoms with Crippen molar-refractivity contribution in [2.75, 3.05) is 25.6 Å². The van der Waals surface area contributed by atoms with E-state index in [9.17, 15) is 0 Å². The van der Waals surface area contributed by atoms with Crippen LogP contribution in [0.5, 0.6) is 0 Å². The second-order valence-electron chi connectivity index (χ2n) is 4.52.